The Morgan fingerprint density at radius 3 is 2.44 bits per heavy atom. The Hall–Kier alpha value is -2.08. The predicted octanol–water partition coefficient (Wildman–Crippen LogP) is 2.42. The summed E-state index contributed by atoms with van der Waals surface area (Å²) >= 11 is 5.56. The highest BCUT2D eigenvalue weighted by atomic mass is 35.5. The van der Waals surface area contributed by atoms with E-state index in [1.165, 1.54) is 11.3 Å². The summed E-state index contributed by atoms with van der Waals surface area (Å²) in [6, 6.07) is 6.54. The average molecular weight is 394 g/mol. The summed E-state index contributed by atoms with van der Waals surface area (Å²) in [7, 11) is 3.35. The van der Waals surface area contributed by atoms with E-state index < -0.39 is 0 Å². The maximum atomic E-state index is 12.8. The van der Waals surface area contributed by atoms with E-state index in [-0.39, 0.29) is 29.6 Å². The SMILES string of the molecule is CN(C)C(=O)c1cccc(C(=O)NC(CNC(=O)CCl)C2CCCCC2)c1. The summed E-state index contributed by atoms with van der Waals surface area (Å²) in [5, 5.41) is 5.84. The zero-order valence-electron chi connectivity index (χ0n) is 16.0. The molecular weight excluding hydrogens is 366 g/mol. The van der Waals surface area contributed by atoms with E-state index in [0.29, 0.717) is 23.6 Å². The molecule has 1 aliphatic carbocycles. The molecule has 6 nitrogen and oxygen atoms in total. The van der Waals surface area contributed by atoms with Crippen LogP contribution in [0.15, 0.2) is 24.3 Å². The van der Waals surface area contributed by atoms with Crippen molar-refractivity contribution in [2.45, 2.75) is 38.1 Å². The Kier molecular flexibility index (Phi) is 8.10. The summed E-state index contributed by atoms with van der Waals surface area (Å²) in [5.41, 5.74) is 0.907. The van der Waals surface area contributed by atoms with Crippen LogP contribution in [0.3, 0.4) is 0 Å². The third kappa shape index (κ3) is 6.24. The van der Waals surface area contributed by atoms with Gasteiger partial charge in [0.15, 0.2) is 0 Å². The van der Waals surface area contributed by atoms with Gasteiger partial charge in [0.25, 0.3) is 11.8 Å². The van der Waals surface area contributed by atoms with Crippen LogP contribution in [0, 0.1) is 5.92 Å². The van der Waals surface area contributed by atoms with E-state index in [1.807, 2.05) is 0 Å². The molecule has 0 aromatic heterocycles. The molecule has 1 aromatic rings. The minimum Gasteiger partial charge on any atom is -0.353 e. The number of alkyl halides is 1. The summed E-state index contributed by atoms with van der Waals surface area (Å²) in [4.78, 5) is 37.9. The van der Waals surface area contributed by atoms with Crippen LogP contribution in [0.1, 0.15) is 52.8 Å². The van der Waals surface area contributed by atoms with Crippen molar-refractivity contribution in [3.05, 3.63) is 35.4 Å². The maximum Gasteiger partial charge on any atom is 0.253 e. The number of carbonyl (C=O) groups is 3. The number of hydrogen-bond acceptors (Lipinski definition) is 3. The molecular formula is C20H28ClN3O3. The number of rotatable bonds is 7. The zero-order valence-corrected chi connectivity index (χ0v) is 16.7. The summed E-state index contributed by atoms with van der Waals surface area (Å²) < 4.78 is 0. The van der Waals surface area contributed by atoms with Crippen LogP contribution in [0.2, 0.25) is 0 Å². The van der Waals surface area contributed by atoms with Crippen molar-refractivity contribution in [2.24, 2.45) is 5.92 Å². The van der Waals surface area contributed by atoms with Gasteiger partial charge in [-0.25, -0.2) is 0 Å². The normalized spacial score (nSPS) is 15.7. The van der Waals surface area contributed by atoms with Crippen molar-refractivity contribution in [2.75, 3.05) is 26.5 Å². The summed E-state index contributed by atoms with van der Waals surface area (Å²) in [6.45, 7) is 0.359. The Balaban J connectivity index is 2.10. The molecule has 1 aliphatic rings. The van der Waals surface area contributed by atoms with E-state index in [0.717, 1.165) is 25.7 Å². The van der Waals surface area contributed by atoms with Gasteiger partial charge in [-0.1, -0.05) is 25.3 Å². The van der Waals surface area contributed by atoms with Gasteiger partial charge >= 0.3 is 0 Å². The van der Waals surface area contributed by atoms with Crippen molar-refractivity contribution in [1.29, 1.82) is 0 Å². The largest absolute Gasteiger partial charge is 0.353 e. The van der Waals surface area contributed by atoms with Crippen LogP contribution >= 0.6 is 11.6 Å². The molecule has 3 amide bonds. The second-order valence-corrected chi connectivity index (χ2v) is 7.46. The first-order valence-electron chi connectivity index (χ1n) is 9.37. The monoisotopic (exact) mass is 393 g/mol. The maximum absolute atomic E-state index is 12.8. The van der Waals surface area contributed by atoms with Crippen molar-refractivity contribution < 1.29 is 14.4 Å². The van der Waals surface area contributed by atoms with Gasteiger partial charge in [0.2, 0.25) is 5.91 Å². The molecule has 1 saturated carbocycles. The van der Waals surface area contributed by atoms with Crippen molar-refractivity contribution in [1.82, 2.24) is 15.5 Å². The molecule has 7 heteroatoms. The number of carbonyl (C=O) groups excluding carboxylic acids is 3. The van der Waals surface area contributed by atoms with Crippen molar-refractivity contribution >= 4 is 29.3 Å². The Morgan fingerprint density at radius 1 is 1.15 bits per heavy atom. The first kappa shape index (κ1) is 21.2. The zero-order chi connectivity index (χ0) is 19.8. The van der Waals surface area contributed by atoms with Gasteiger partial charge in [0, 0.05) is 37.8 Å². The van der Waals surface area contributed by atoms with Crippen LogP contribution in [-0.2, 0) is 4.79 Å². The lowest BCUT2D eigenvalue weighted by Gasteiger charge is -2.31. The summed E-state index contributed by atoms with van der Waals surface area (Å²) in [6.07, 6.45) is 5.53. The van der Waals surface area contributed by atoms with Gasteiger partial charge in [0.05, 0.1) is 0 Å². The van der Waals surface area contributed by atoms with E-state index >= 15 is 0 Å². The quantitative estimate of drug-likeness (QED) is 0.698. The molecule has 0 saturated heterocycles. The standard InChI is InChI=1S/C20H28ClN3O3/c1-24(2)20(27)16-10-6-9-15(11-16)19(26)23-17(13-22-18(25)12-21)14-7-4-3-5-8-14/h6,9-11,14,17H,3-5,7-8,12-13H2,1-2H3,(H,22,25)(H,23,26). The Morgan fingerprint density at radius 2 is 1.81 bits per heavy atom. The molecule has 0 spiro atoms. The van der Waals surface area contributed by atoms with Crippen molar-refractivity contribution in [3.8, 4) is 0 Å². The molecule has 0 bridgehead atoms. The molecule has 27 heavy (non-hydrogen) atoms. The van der Waals surface area contributed by atoms with E-state index in [9.17, 15) is 14.4 Å². The van der Waals surface area contributed by atoms with Crippen molar-refractivity contribution in [3.63, 3.8) is 0 Å². The Labute approximate surface area is 165 Å². The topological polar surface area (TPSA) is 78.5 Å². The number of benzene rings is 1. The van der Waals surface area contributed by atoms with Gasteiger partial charge in [-0.15, -0.1) is 11.6 Å². The molecule has 2 N–H and O–H groups in total. The second kappa shape index (κ2) is 10.3. The van der Waals surface area contributed by atoms with Gasteiger partial charge in [-0.3, -0.25) is 14.4 Å². The summed E-state index contributed by atoms with van der Waals surface area (Å²) in [5.74, 6) is -0.405. The van der Waals surface area contributed by atoms with Gasteiger partial charge in [-0.05, 0) is 37.0 Å². The Bertz CT molecular complexity index is 672. The molecule has 1 atom stereocenters. The second-order valence-electron chi connectivity index (χ2n) is 7.20. The molecule has 1 aromatic carbocycles. The predicted molar refractivity (Wildman–Crippen MR) is 106 cm³/mol. The minimum absolute atomic E-state index is 0.0972. The molecule has 1 unspecified atom stereocenters. The van der Waals surface area contributed by atoms with Crippen LogP contribution in [0.4, 0.5) is 0 Å². The fourth-order valence-electron chi connectivity index (χ4n) is 3.45. The molecule has 1 fully saturated rings. The lowest BCUT2D eigenvalue weighted by molar-refractivity contribution is -0.118. The van der Waals surface area contributed by atoms with E-state index in [2.05, 4.69) is 10.6 Å². The highest BCUT2D eigenvalue weighted by Gasteiger charge is 2.26. The number of hydrogen-bond donors (Lipinski definition) is 2. The first-order valence-corrected chi connectivity index (χ1v) is 9.91. The molecule has 2 rings (SSSR count). The van der Waals surface area contributed by atoms with Gasteiger partial charge in [0.1, 0.15) is 5.88 Å². The minimum atomic E-state index is -0.245. The van der Waals surface area contributed by atoms with Gasteiger partial charge < -0.3 is 15.5 Å². The van der Waals surface area contributed by atoms with Gasteiger partial charge in [-0.2, -0.15) is 0 Å². The molecule has 148 valence electrons. The third-order valence-corrected chi connectivity index (χ3v) is 5.20. The van der Waals surface area contributed by atoms with E-state index in [1.54, 1.807) is 38.4 Å². The smallest absolute Gasteiger partial charge is 0.253 e. The first-order chi connectivity index (χ1) is 12.9. The van der Waals surface area contributed by atoms with Crippen LogP contribution in [0.25, 0.3) is 0 Å². The van der Waals surface area contributed by atoms with Crippen LogP contribution in [0.5, 0.6) is 0 Å². The number of nitrogens with zero attached hydrogens (tertiary/aromatic N) is 1. The highest BCUT2D eigenvalue weighted by molar-refractivity contribution is 6.27. The fraction of sp³-hybridized carbons (Fsp3) is 0.550. The number of halogens is 1. The number of amides is 3. The third-order valence-electron chi connectivity index (χ3n) is 4.95. The van der Waals surface area contributed by atoms with Crippen LogP contribution in [-0.4, -0.2) is 55.2 Å². The van der Waals surface area contributed by atoms with Crippen LogP contribution < -0.4 is 10.6 Å². The number of nitrogens with one attached hydrogen (secondary N) is 2. The molecule has 0 aliphatic heterocycles. The molecule has 0 heterocycles. The average Bonchev–Trinajstić information content (AvgIpc) is 2.70. The van der Waals surface area contributed by atoms with E-state index in [4.69, 9.17) is 11.6 Å². The lowest BCUT2D eigenvalue weighted by Crippen LogP contribution is -2.48. The lowest BCUT2D eigenvalue weighted by atomic mass is 9.83. The fourth-order valence-corrected chi connectivity index (χ4v) is 3.54. The molecule has 0 radical (unpaired) electrons. The highest BCUT2D eigenvalue weighted by Crippen LogP contribution is 2.26.